The van der Waals surface area contributed by atoms with Gasteiger partial charge in [-0.2, -0.15) is 0 Å². The van der Waals surface area contributed by atoms with Crippen LogP contribution in [0.25, 0.3) is 0 Å². The maximum atomic E-state index is 12.6. The fourth-order valence-electron chi connectivity index (χ4n) is 4.16. The zero-order valence-electron chi connectivity index (χ0n) is 17.5. The van der Waals surface area contributed by atoms with Crippen LogP contribution < -0.4 is 0 Å². The molecule has 1 atom stereocenters. The van der Waals surface area contributed by atoms with Gasteiger partial charge in [0.15, 0.2) is 0 Å². The summed E-state index contributed by atoms with van der Waals surface area (Å²) in [6.07, 6.45) is 7.61. The van der Waals surface area contributed by atoms with Gasteiger partial charge in [0.1, 0.15) is 11.4 Å². The number of nitrogens with zero attached hydrogens (tertiary/aromatic N) is 4. The van der Waals surface area contributed by atoms with Crippen LogP contribution in [0.5, 0.6) is 0 Å². The topological polar surface area (TPSA) is 67.7 Å². The van der Waals surface area contributed by atoms with Gasteiger partial charge in [0, 0.05) is 38.1 Å². The Morgan fingerprint density at radius 3 is 2.64 bits per heavy atom. The fraction of sp³-hybridized carbons (Fsp3) is 0.667. The molecule has 1 aromatic heterocycles. The standard InChI is InChI=1S/C21H32N4O3/c1-6-18(26)25(15-17-22-10-13-23(17)7-2)16-14-21(16)8-11-24(12-9-21)19(27)28-20(3,4)5/h6,10,13,16H,1,7-9,11-12,14-15H2,2-5H3. The Balaban J connectivity index is 1.64. The van der Waals surface area contributed by atoms with E-state index in [2.05, 4.69) is 23.1 Å². The molecular weight excluding hydrogens is 356 g/mol. The van der Waals surface area contributed by atoms with Crippen LogP contribution in [0.4, 0.5) is 4.79 Å². The second kappa shape index (κ2) is 7.60. The van der Waals surface area contributed by atoms with E-state index < -0.39 is 5.60 Å². The summed E-state index contributed by atoms with van der Waals surface area (Å²) in [5.74, 6) is 0.841. The second-order valence-corrected chi connectivity index (χ2v) is 8.85. The smallest absolute Gasteiger partial charge is 0.410 e. The molecule has 0 radical (unpaired) electrons. The fourth-order valence-corrected chi connectivity index (χ4v) is 4.16. The first kappa shape index (κ1) is 20.4. The minimum absolute atomic E-state index is 0.0536. The van der Waals surface area contributed by atoms with Crippen molar-refractivity contribution in [2.75, 3.05) is 13.1 Å². The van der Waals surface area contributed by atoms with Crippen LogP contribution in [0, 0.1) is 5.41 Å². The van der Waals surface area contributed by atoms with Crippen LogP contribution >= 0.6 is 0 Å². The van der Waals surface area contributed by atoms with Crippen LogP contribution in [0.2, 0.25) is 0 Å². The number of amides is 2. The molecule has 0 bridgehead atoms. The van der Waals surface area contributed by atoms with E-state index >= 15 is 0 Å². The molecule has 1 aliphatic carbocycles. The highest BCUT2D eigenvalue weighted by Crippen LogP contribution is 2.57. The minimum atomic E-state index is -0.483. The van der Waals surface area contributed by atoms with Crippen molar-refractivity contribution in [2.24, 2.45) is 5.41 Å². The zero-order valence-corrected chi connectivity index (χ0v) is 17.5. The van der Waals surface area contributed by atoms with Gasteiger partial charge in [-0.3, -0.25) is 4.79 Å². The van der Waals surface area contributed by atoms with E-state index in [-0.39, 0.29) is 23.5 Å². The number of rotatable bonds is 5. The normalized spacial score (nSPS) is 20.7. The molecule has 2 heterocycles. The van der Waals surface area contributed by atoms with E-state index in [4.69, 9.17) is 4.74 Å². The predicted octanol–water partition coefficient (Wildman–Crippen LogP) is 3.21. The highest BCUT2D eigenvalue weighted by molar-refractivity contribution is 5.87. The molecule has 154 valence electrons. The van der Waals surface area contributed by atoms with E-state index in [0.717, 1.165) is 31.6 Å². The van der Waals surface area contributed by atoms with Gasteiger partial charge in [-0.15, -0.1) is 0 Å². The highest BCUT2D eigenvalue weighted by Gasteiger charge is 2.58. The Bertz CT molecular complexity index is 741. The number of piperidine rings is 1. The molecule has 2 fully saturated rings. The third kappa shape index (κ3) is 4.23. The number of aryl methyl sites for hydroxylation is 1. The molecule has 3 rings (SSSR count). The van der Waals surface area contributed by atoms with Crippen molar-refractivity contribution in [2.45, 2.75) is 71.7 Å². The molecule has 2 amide bonds. The number of carbonyl (C=O) groups is 2. The first-order chi connectivity index (χ1) is 13.2. The summed E-state index contributed by atoms with van der Waals surface area (Å²) in [4.78, 5) is 33.0. The number of carbonyl (C=O) groups excluding carboxylic acids is 2. The van der Waals surface area contributed by atoms with Crippen molar-refractivity contribution in [3.05, 3.63) is 30.9 Å². The molecule has 2 aliphatic rings. The first-order valence-electron chi connectivity index (χ1n) is 10.1. The Kier molecular flexibility index (Phi) is 5.55. The van der Waals surface area contributed by atoms with Gasteiger partial charge in [-0.25, -0.2) is 9.78 Å². The van der Waals surface area contributed by atoms with E-state index in [1.807, 2.05) is 31.9 Å². The molecule has 1 aliphatic heterocycles. The van der Waals surface area contributed by atoms with Crippen molar-refractivity contribution in [3.8, 4) is 0 Å². The van der Waals surface area contributed by atoms with Gasteiger partial charge in [-0.05, 0) is 58.4 Å². The molecule has 0 N–H and O–H groups in total. The van der Waals surface area contributed by atoms with Crippen molar-refractivity contribution < 1.29 is 14.3 Å². The third-order valence-electron chi connectivity index (χ3n) is 5.85. The lowest BCUT2D eigenvalue weighted by atomic mass is 9.92. The lowest BCUT2D eigenvalue weighted by molar-refractivity contribution is -0.128. The number of ether oxygens (including phenoxy) is 1. The van der Waals surface area contributed by atoms with E-state index in [0.29, 0.717) is 19.6 Å². The SMILES string of the molecule is C=CC(=O)N(Cc1nccn1CC)C1CC12CCN(C(=O)OC(C)(C)C)CC2. The molecule has 1 unspecified atom stereocenters. The largest absolute Gasteiger partial charge is 0.444 e. The Morgan fingerprint density at radius 2 is 2.07 bits per heavy atom. The molecule has 7 nitrogen and oxygen atoms in total. The highest BCUT2D eigenvalue weighted by atomic mass is 16.6. The Labute approximate surface area is 167 Å². The maximum Gasteiger partial charge on any atom is 0.410 e. The number of imidazole rings is 1. The summed E-state index contributed by atoms with van der Waals surface area (Å²) in [5.41, 5.74) is -0.385. The van der Waals surface area contributed by atoms with Gasteiger partial charge in [0.25, 0.3) is 0 Å². The van der Waals surface area contributed by atoms with Gasteiger partial charge < -0.3 is 19.1 Å². The van der Waals surface area contributed by atoms with Crippen LogP contribution in [0.1, 0.15) is 52.8 Å². The Morgan fingerprint density at radius 1 is 1.39 bits per heavy atom. The maximum absolute atomic E-state index is 12.6. The Hall–Kier alpha value is -2.31. The van der Waals surface area contributed by atoms with Crippen LogP contribution in [-0.2, 0) is 22.6 Å². The van der Waals surface area contributed by atoms with Gasteiger partial charge in [-0.1, -0.05) is 6.58 Å². The van der Waals surface area contributed by atoms with Crippen LogP contribution in [0.3, 0.4) is 0 Å². The molecule has 7 heteroatoms. The monoisotopic (exact) mass is 388 g/mol. The quantitative estimate of drug-likeness (QED) is 0.727. The van der Waals surface area contributed by atoms with Gasteiger partial charge in [0.2, 0.25) is 5.91 Å². The average Bonchev–Trinajstić information content (AvgIpc) is 3.12. The molecule has 1 spiro atoms. The average molecular weight is 389 g/mol. The third-order valence-corrected chi connectivity index (χ3v) is 5.85. The molecule has 1 saturated carbocycles. The van der Waals surface area contributed by atoms with Crippen LogP contribution in [-0.4, -0.2) is 56.1 Å². The van der Waals surface area contributed by atoms with Crippen molar-refractivity contribution in [3.63, 3.8) is 0 Å². The lowest BCUT2D eigenvalue weighted by Crippen LogP contribution is -2.44. The van der Waals surface area contributed by atoms with E-state index in [9.17, 15) is 9.59 Å². The van der Waals surface area contributed by atoms with Crippen molar-refractivity contribution in [1.29, 1.82) is 0 Å². The van der Waals surface area contributed by atoms with Gasteiger partial charge in [0.05, 0.1) is 6.54 Å². The molecule has 28 heavy (non-hydrogen) atoms. The molecular formula is C21H32N4O3. The van der Waals surface area contributed by atoms with E-state index in [1.165, 1.54) is 6.08 Å². The lowest BCUT2D eigenvalue weighted by Gasteiger charge is -2.35. The second-order valence-electron chi connectivity index (χ2n) is 8.85. The number of hydrogen-bond acceptors (Lipinski definition) is 4. The van der Waals surface area contributed by atoms with Crippen LogP contribution in [0.15, 0.2) is 25.0 Å². The summed E-state index contributed by atoms with van der Waals surface area (Å²) in [6, 6.07) is 0.181. The van der Waals surface area contributed by atoms with Crippen molar-refractivity contribution >= 4 is 12.0 Å². The summed E-state index contributed by atoms with van der Waals surface area (Å²) in [6.45, 7) is 14.1. The summed E-state index contributed by atoms with van der Waals surface area (Å²) >= 11 is 0. The first-order valence-corrected chi connectivity index (χ1v) is 10.1. The number of likely N-dealkylation sites (tertiary alicyclic amines) is 1. The summed E-state index contributed by atoms with van der Waals surface area (Å²) in [5, 5.41) is 0. The summed E-state index contributed by atoms with van der Waals surface area (Å²) in [7, 11) is 0. The van der Waals surface area contributed by atoms with Crippen molar-refractivity contribution in [1.82, 2.24) is 19.4 Å². The molecule has 1 aromatic rings. The number of aromatic nitrogens is 2. The minimum Gasteiger partial charge on any atom is -0.444 e. The molecule has 1 saturated heterocycles. The summed E-state index contributed by atoms with van der Waals surface area (Å²) < 4.78 is 7.55. The van der Waals surface area contributed by atoms with E-state index in [1.54, 1.807) is 11.1 Å². The number of hydrogen-bond donors (Lipinski definition) is 0. The zero-order chi connectivity index (χ0) is 20.5. The molecule has 0 aromatic carbocycles. The van der Waals surface area contributed by atoms with Gasteiger partial charge >= 0.3 is 6.09 Å². The predicted molar refractivity (Wildman–Crippen MR) is 107 cm³/mol.